The molecule has 1 aromatic heterocycles. The zero-order valence-corrected chi connectivity index (χ0v) is 15.3. The number of benzene rings is 1. The van der Waals surface area contributed by atoms with Crippen LogP contribution in [0.15, 0.2) is 18.2 Å². The number of nitrogens with zero attached hydrogens (tertiary/aromatic N) is 1. The summed E-state index contributed by atoms with van der Waals surface area (Å²) in [5.74, 6) is 0.342. The highest BCUT2D eigenvalue weighted by atomic mass is 32.1. The molecule has 0 fully saturated rings. The quantitative estimate of drug-likeness (QED) is 0.781. The third kappa shape index (κ3) is 3.91. The van der Waals surface area contributed by atoms with Crippen LogP contribution in [0.2, 0.25) is 0 Å². The first-order valence-corrected chi connectivity index (χ1v) is 8.94. The molecule has 1 aromatic carbocycles. The van der Waals surface area contributed by atoms with E-state index in [0.29, 0.717) is 33.5 Å². The predicted molar refractivity (Wildman–Crippen MR) is 96.5 cm³/mol. The lowest BCUT2D eigenvalue weighted by atomic mass is 10.0. The molecule has 1 aliphatic carbocycles. The highest BCUT2D eigenvalue weighted by molar-refractivity contribution is 7.17. The SMILES string of the molecule is COc1cc(C(C)=O)ccc1OCC(=O)Nc1nc2c(s1)C(=O)CCC2. The number of aromatic nitrogens is 1. The number of rotatable bonds is 6. The van der Waals surface area contributed by atoms with Gasteiger partial charge in [0.25, 0.3) is 5.91 Å². The van der Waals surface area contributed by atoms with Gasteiger partial charge in [-0.05, 0) is 38.0 Å². The summed E-state index contributed by atoms with van der Waals surface area (Å²) in [5.41, 5.74) is 1.25. The first-order chi connectivity index (χ1) is 12.5. The minimum Gasteiger partial charge on any atom is -0.493 e. The average Bonchev–Trinajstić information content (AvgIpc) is 3.03. The second-order valence-electron chi connectivity index (χ2n) is 5.83. The maximum Gasteiger partial charge on any atom is 0.264 e. The number of carbonyl (C=O) groups is 3. The number of hydrogen-bond acceptors (Lipinski definition) is 7. The van der Waals surface area contributed by atoms with Gasteiger partial charge in [0.1, 0.15) is 0 Å². The molecule has 1 amide bonds. The molecule has 0 radical (unpaired) electrons. The maximum absolute atomic E-state index is 12.1. The summed E-state index contributed by atoms with van der Waals surface area (Å²) >= 11 is 1.20. The minimum atomic E-state index is -0.388. The van der Waals surface area contributed by atoms with Crippen molar-refractivity contribution in [3.8, 4) is 11.5 Å². The van der Waals surface area contributed by atoms with E-state index in [1.165, 1.54) is 25.4 Å². The predicted octanol–water partition coefficient (Wildman–Crippen LogP) is 2.89. The van der Waals surface area contributed by atoms with E-state index < -0.39 is 0 Å². The molecule has 0 atom stereocenters. The van der Waals surface area contributed by atoms with E-state index in [9.17, 15) is 14.4 Å². The number of methoxy groups -OCH3 is 1. The average molecular weight is 374 g/mol. The molecule has 26 heavy (non-hydrogen) atoms. The van der Waals surface area contributed by atoms with Crippen molar-refractivity contribution in [3.05, 3.63) is 34.3 Å². The van der Waals surface area contributed by atoms with Gasteiger partial charge in [-0.1, -0.05) is 11.3 Å². The lowest BCUT2D eigenvalue weighted by molar-refractivity contribution is -0.118. The molecule has 0 unspecified atom stereocenters. The van der Waals surface area contributed by atoms with Crippen LogP contribution in [0, 0.1) is 0 Å². The molecule has 1 aliphatic rings. The van der Waals surface area contributed by atoms with E-state index >= 15 is 0 Å². The first-order valence-electron chi connectivity index (χ1n) is 8.12. The molecule has 2 aromatic rings. The maximum atomic E-state index is 12.1. The number of Topliss-reactive ketones (excluding diaryl/α,β-unsaturated/α-hetero) is 2. The number of aryl methyl sites for hydroxylation is 1. The van der Waals surface area contributed by atoms with Gasteiger partial charge in [0.2, 0.25) is 0 Å². The van der Waals surface area contributed by atoms with Crippen LogP contribution in [-0.4, -0.2) is 36.2 Å². The number of fused-ring (bicyclic) bond motifs is 1. The number of amides is 1. The summed E-state index contributed by atoms with van der Waals surface area (Å²) in [6, 6.07) is 4.76. The number of carbonyl (C=O) groups excluding carboxylic acids is 3. The van der Waals surface area contributed by atoms with Crippen molar-refractivity contribution in [2.75, 3.05) is 19.0 Å². The van der Waals surface area contributed by atoms with Crippen molar-refractivity contribution in [1.29, 1.82) is 0 Å². The van der Waals surface area contributed by atoms with Gasteiger partial charge in [0.15, 0.2) is 34.8 Å². The topological polar surface area (TPSA) is 94.6 Å². The number of anilines is 1. The zero-order valence-electron chi connectivity index (χ0n) is 14.5. The van der Waals surface area contributed by atoms with Crippen LogP contribution < -0.4 is 14.8 Å². The Morgan fingerprint density at radius 1 is 1.27 bits per heavy atom. The summed E-state index contributed by atoms with van der Waals surface area (Å²) in [4.78, 5) is 40.3. The normalized spacial score (nSPS) is 13.1. The first kappa shape index (κ1) is 18.1. The highest BCUT2D eigenvalue weighted by Gasteiger charge is 2.22. The standard InChI is InChI=1S/C18H18N2O5S/c1-10(21)11-6-7-14(15(8-11)24-2)25-9-16(23)20-18-19-12-4-3-5-13(22)17(12)26-18/h6-8H,3-5,9H2,1-2H3,(H,19,20,23). The molecule has 8 heteroatoms. The van der Waals surface area contributed by atoms with Crippen LogP contribution >= 0.6 is 11.3 Å². The Balaban J connectivity index is 1.63. The van der Waals surface area contributed by atoms with Crippen molar-refractivity contribution in [1.82, 2.24) is 4.98 Å². The largest absolute Gasteiger partial charge is 0.493 e. The fourth-order valence-corrected chi connectivity index (χ4v) is 3.62. The Bertz CT molecular complexity index is 874. The smallest absolute Gasteiger partial charge is 0.264 e. The Morgan fingerprint density at radius 3 is 2.77 bits per heavy atom. The summed E-state index contributed by atoms with van der Waals surface area (Å²) < 4.78 is 10.7. The van der Waals surface area contributed by atoms with Crippen LogP contribution in [0.5, 0.6) is 11.5 Å². The van der Waals surface area contributed by atoms with Gasteiger partial charge in [-0.25, -0.2) is 4.98 Å². The van der Waals surface area contributed by atoms with Crippen LogP contribution in [-0.2, 0) is 11.2 Å². The number of thiazole rings is 1. The summed E-state index contributed by atoms with van der Waals surface area (Å²) in [7, 11) is 1.46. The molecule has 1 heterocycles. The van der Waals surface area contributed by atoms with E-state index in [1.54, 1.807) is 18.2 Å². The summed E-state index contributed by atoms with van der Waals surface area (Å²) in [5, 5.41) is 3.05. The minimum absolute atomic E-state index is 0.0794. The molecule has 1 N–H and O–H groups in total. The van der Waals surface area contributed by atoms with Gasteiger partial charge >= 0.3 is 0 Å². The van der Waals surface area contributed by atoms with E-state index in [1.807, 2.05) is 0 Å². The molecule has 136 valence electrons. The van der Waals surface area contributed by atoms with Crippen molar-refractivity contribution in [2.24, 2.45) is 0 Å². The monoisotopic (exact) mass is 374 g/mol. The zero-order chi connectivity index (χ0) is 18.7. The van der Waals surface area contributed by atoms with Crippen LogP contribution in [0.3, 0.4) is 0 Å². The Labute approximate surface area is 154 Å². The molecule has 0 saturated carbocycles. The summed E-state index contributed by atoms with van der Waals surface area (Å²) in [6.07, 6.45) is 2.08. The highest BCUT2D eigenvalue weighted by Crippen LogP contribution is 2.30. The van der Waals surface area contributed by atoms with Gasteiger partial charge in [-0.15, -0.1) is 0 Å². The van der Waals surface area contributed by atoms with E-state index in [2.05, 4.69) is 10.3 Å². The van der Waals surface area contributed by atoms with Gasteiger partial charge in [-0.2, -0.15) is 0 Å². The summed E-state index contributed by atoms with van der Waals surface area (Å²) in [6.45, 7) is 1.22. The molecule has 3 rings (SSSR count). The molecule has 0 spiro atoms. The molecule has 0 saturated heterocycles. The molecular weight excluding hydrogens is 356 g/mol. The van der Waals surface area contributed by atoms with Gasteiger partial charge in [0.05, 0.1) is 17.7 Å². The molecule has 7 nitrogen and oxygen atoms in total. The second-order valence-corrected chi connectivity index (χ2v) is 6.83. The fourth-order valence-electron chi connectivity index (χ4n) is 2.63. The lowest BCUT2D eigenvalue weighted by Gasteiger charge is -2.11. The van der Waals surface area contributed by atoms with Crippen LogP contribution in [0.25, 0.3) is 0 Å². The van der Waals surface area contributed by atoms with Crippen molar-refractivity contribution in [2.45, 2.75) is 26.2 Å². The third-order valence-corrected chi connectivity index (χ3v) is 5.00. The Hall–Kier alpha value is -2.74. The second kappa shape index (κ2) is 7.65. The van der Waals surface area contributed by atoms with Crippen LogP contribution in [0.1, 0.15) is 45.5 Å². The van der Waals surface area contributed by atoms with Crippen LogP contribution in [0.4, 0.5) is 5.13 Å². The lowest BCUT2D eigenvalue weighted by Crippen LogP contribution is -2.20. The van der Waals surface area contributed by atoms with E-state index in [-0.39, 0.29) is 24.1 Å². The molecule has 0 bridgehead atoms. The van der Waals surface area contributed by atoms with Crippen molar-refractivity contribution in [3.63, 3.8) is 0 Å². The van der Waals surface area contributed by atoms with Gasteiger partial charge < -0.3 is 9.47 Å². The molecular formula is C18H18N2O5S. The molecule has 0 aliphatic heterocycles. The van der Waals surface area contributed by atoms with Gasteiger partial charge in [-0.3, -0.25) is 19.7 Å². The third-order valence-electron chi connectivity index (χ3n) is 3.94. The van der Waals surface area contributed by atoms with Gasteiger partial charge in [0, 0.05) is 12.0 Å². The number of hydrogen-bond donors (Lipinski definition) is 1. The van der Waals surface area contributed by atoms with E-state index in [4.69, 9.17) is 9.47 Å². The Morgan fingerprint density at radius 2 is 2.08 bits per heavy atom. The number of nitrogens with one attached hydrogen (secondary N) is 1. The Kier molecular flexibility index (Phi) is 5.32. The van der Waals surface area contributed by atoms with Crippen molar-refractivity contribution >= 4 is 33.9 Å². The fraction of sp³-hybridized carbons (Fsp3) is 0.333. The van der Waals surface area contributed by atoms with E-state index in [0.717, 1.165) is 18.5 Å². The number of ketones is 2. The number of ether oxygens (including phenoxy) is 2. The van der Waals surface area contributed by atoms with Crippen molar-refractivity contribution < 1.29 is 23.9 Å².